The highest BCUT2D eigenvalue weighted by Crippen LogP contribution is 2.34. The third kappa shape index (κ3) is 5.16. The normalized spacial score (nSPS) is 15.0. The smallest absolute Gasteiger partial charge is 0.265 e. The first-order chi connectivity index (χ1) is 13.9. The van der Waals surface area contributed by atoms with Gasteiger partial charge < -0.3 is 14.8 Å². The molecule has 0 atom stereocenters. The number of rotatable bonds is 6. The molecule has 0 aliphatic carbocycles. The number of aryl methyl sites for hydroxylation is 1. The molecule has 6 nitrogen and oxygen atoms in total. The van der Waals surface area contributed by atoms with Crippen molar-refractivity contribution in [2.75, 3.05) is 26.1 Å². The Morgan fingerprint density at radius 1 is 1.24 bits per heavy atom. The van der Waals surface area contributed by atoms with Gasteiger partial charge in [0.1, 0.15) is 4.32 Å². The van der Waals surface area contributed by atoms with Crippen LogP contribution in [0.2, 0.25) is 0 Å². The Morgan fingerprint density at radius 2 is 2.03 bits per heavy atom. The van der Waals surface area contributed by atoms with Crippen molar-refractivity contribution in [3.05, 3.63) is 58.5 Å². The van der Waals surface area contributed by atoms with Crippen molar-refractivity contribution in [2.24, 2.45) is 0 Å². The number of anilines is 1. The van der Waals surface area contributed by atoms with Crippen LogP contribution in [0.15, 0.2) is 47.4 Å². The number of methoxy groups -OCH3 is 1. The standard InChI is InChI=1S/C21H20N2O4S2/c1-13-5-4-6-15(9-13)22-19(24)12-27-16-8-7-14(10-17(16)26-3)11-18-20(25)23(2)21(28)29-18/h4-11H,12H2,1-3H3,(H,22,24). The van der Waals surface area contributed by atoms with Crippen molar-refractivity contribution >= 4 is 51.9 Å². The SMILES string of the molecule is COc1cc(C=C2SC(=S)N(C)C2=O)ccc1OCC(=O)Nc1cccc(C)c1. The van der Waals surface area contributed by atoms with Gasteiger partial charge in [0, 0.05) is 12.7 Å². The molecule has 2 amide bonds. The van der Waals surface area contributed by atoms with Gasteiger partial charge in [0.25, 0.3) is 11.8 Å². The monoisotopic (exact) mass is 428 g/mol. The molecule has 2 aromatic rings. The summed E-state index contributed by atoms with van der Waals surface area (Å²) >= 11 is 6.39. The Bertz CT molecular complexity index is 1000. The Kier molecular flexibility index (Phi) is 6.56. The minimum absolute atomic E-state index is 0.132. The first kappa shape index (κ1) is 20.9. The predicted molar refractivity (Wildman–Crippen MR) is 119 cm³/mol. The maximum atomic E-state index is 12.1. The fourth-order valence-corrected chi connectivity index (χ4v) is 3.83. The van der Waals surface area contributed by atoms with Crippen LogP contribution in [0.5, 0.6) is 11.5 Å². The van der Waals surface area contributed by atoms with E-state index in [1.54, 1.807) is 31.3 Å². The van der Waals surface area contributed by atoms with E-state index in [4.69, 9.17) is 21.7 Å². The Hall–Kier alpha value is -2.84. The number of thioether (sulfide) groups is 1. The van der Waals surface area contributed by atoms with E-state index in [0.29, 0.717) is 26.4 Å². The van der Waals surface area contributed by atoms with E-state index in [9.17, 15) is 9.59 Å². The topological polar surface area (TPSA) is 67.9 Å². The van der Waals surface area contributed by atoms with Gasteiger partial charge in [-0.1, -0.05) is 42.2 Å². The van der Waals surface area contributed by atoms with Gasteiger partial charge in [-0.25, -0.2) is 0 Å². The molecule has 2 aromatic carbocycles. The average Bonchev–Trinajstić information content (AvgIpc) is 2.93. The van der Waals surface area contributed by atoms with Gasteiger partial charge in [-0.2, -0.15) is 0 Å². The number of carbonyl (C=O) groups excluding carboxylic acids is 2. The molecule has 1 saturated heterocycles. The van der Waals surface area contributed by atoms with Gasteiger partial charge in [0.05, 0.1) is 12.0 Å². The molecule has 0 saturated carbocycles. The van der Waals surface area contributed by atoms with Gasteiger partial charge in [0.2, 0.25) is 0 Å². The van der Waals surface area contributed by atoms with Gasteiger partial charge in [0.15, 0.2) is 18.1 Å². The summed E-state index contributed by atoms with van der Waals surface area (Å²) in [4.78, 5) is 26.3. The van der Waals surface area contributed by atoms with Crippen LogP contribution in [0.25, 0.3) is 6.08 Å². The molecule has 1 fully saturated rings. The Balaban J connectivity index is 1.67. The lowest BCUT2D eigenvalue weighted by molar-refractivity contribution is -0.121. The van der Waals surface area contributed by atoms with Gasteiger partial charge >= 0.3 is 0 Å². The van der Waals surface area contributed by atoms with E-state index < -0.39 is 0 Å². The molecule has 0 unspecified atom stereocenters. The quantitative estimate of drug-likeness (QED) is 0.557. The number of hydrogen-bond acceptors (Lipinski definition) is 6. The van der Waals surface area contributed by atoms with Gasteiger partial charge in [-0.3, -0.25) is 14.5 Å². The maximum Gasteiger partial charge on any atom is 0.265 e. The molecular formula is C21H20N2O4S2. The molecule has 29 heavy (non-hydrogen) atoms. The van der Waals surface area contributed by atoms with Crippen LogP contribution in [0.3, 0.4) is 0 Å². The first-order valence-corrected chi connectivity index (χ1v) is 9.99. The zero-order chi connectivity index (χ0) is 21.0. The molecule has 1 N–H and O–H groups in total. The second kappa shape index (κ2) is 9.11. The molecule has 3 rings (SSSR count). The summed E-state index contributed by atoms with van der Waals surface area (Å²) in [6.45, 7) is 1.80. The van der Waals surface area contributed by atoms with E-state index >= 15 is 0 Å². The van der Waals surface area contributed by atoms with Crippen molar-refractivity contribution in [1.82, 2.24) is 4.90 Å². The largest absolute Gasteiger partial charge is 0.493 e. The average molecular weight is 429 g/mol. The number of amides is 2. The van der Waals surface area contributed by atoms with Crippen LogP contribution >= 0.6 is 24.0 Å². The number of benzene rings is 2. The van der Waals surface area contributed by atoms with Crippen LogP contribution in [0.4, 0.5) is 5.69 Å². The molecule has 0 bridgehead atoms. The van der Waals surface area contributed by atoms with Crippen LogP contribution in [0.1, 0.15) is 11.1 Å². The number of carbonyl (C=O) groups is 2. The highest BCUT2D eigenvalue weighted by molar-refractivity contribution is 8.26. The minimum atomic E-state index is -0.270. The third-order valence-corrected chi connectivity index (χ3v) is 5.62. The van der Waals surface area contributed by atoms with Crippen molar-refractivity contribution in [3.63, 3.8) is 0 Å². The second-order valence-electron chi connectivity index (χ2n) is 6.36. The number of hydrogen-bond donors (Lipinski definition) is 1. The molecule has 0 aromatic heterocycles. The molecule has 0 radical (unpaired) electrons. The minimum Gasteiger partial charge on any atom is -0.493 e. The second-order valence-corrected chi connectivity index (χ2v) is 8.03. The van der Waals surface area contributed by atoms with Crippen LogP contribution in [-0.2, 0) is 9.59 Å². The van der Waals surface area contributed by atoms with Crippen molar-refractivity contribution in [1.29, 1.82) is 0 Å². The van der Waals surface area contributed by atoms with E-state index in [-0.39, 0.29) is 18.4 Å². The fourth-order valence-electron chi connectivity index (χ4n) is 2.65. The summed E-state index contributed by atoms with van der Waals surface area (Å²) in [6.07, 6.45) is 1.75. The molecule has 1 aliphatic heterocycles. The summed E-state index contributed by atoms with van der Waals surface area (Å²) < 4.78 is 11.5. The van der Waals surface area contributed by atoms with Crippen molar-refractivity contribution in [2.45, 2.75) is 6.92 Å². The van der Waals surface area contributed by atoms with E-state index in [2.05, 4.69) is 5.32 Å². The summed E-state index contributed by atoms with van der Waals surface area (Å²) in [5.74, 6) is 0.502. The molecule has 1 heterocycles. The molecular weight excluding hydrogens is 408 g/mol. The third-order valence-electron chi connectivity index (χ3n) is 4.13. The fraction of sp³-hybridized carbons (Fsp3) is 0.190. The highest BCUT2D eigenvalue weighted by Gasteiger charge is 2.28. The summed E-state index contributed by atoms with van der Waals surface area (Å²) in [6, 6.07) is 12.8. The lowest BCUT2D eigenvalue weighted by Crippen LogP contribution is -2.22. The number of thiocarbonyl (C=S) groups is 1. The number of likely N-dealkylation sites (N-methyl/N-ethyl adjacent to an activating group) is 1. The maximum absolute atomic E-state index is 12.1. The summed E-state index contributed by atoms with van der Waals surface area (Å²) in [5, 5.41) is 2.79. The lowest BCUT2D eigenvalue weighted by Gasteiger charge is -2.12. The lowest BCUT2D eigenvalue weighted by atomic mass is 10.2. The van der Waals surface area contributed by atoms with Crippen molar-refractivity contribution < 1.29 is 19.1 Å². The summed E-state index contributed by atoms with van der Waals surface area (Å²) in [7, 11) is 3.17. The zero-order valence-corrected chi connectivity index (χ0v) is 17.9. The first-order valence-electron chi connectivity index (χ1n) is 8.76. The van der Waals surface area contributed by atoms with E-state index in [1.807, 2.05) is 31.2 Å². The predicted octanol–water partition coefficient (Wildman–Crippen LogP) is 3.85. The van der Waals surface area contributed by atoms with Crippen LogP contribution in [0, 0.1) is 6.92 Å². The van der Waals surface area contributed by atoms with Crippen LogP contribution in [-0.4, -0.2) is 41.8 Å². The van der Waals surface area contributed by atoms with E-state index in [0.717, 1.165) is 11.1 Å². The van der Waals surface area contributed by atoms with E-state index in [1.165, 1.54) is 23.8 Å². The molecule has 0 spiro atoms. The Morgan fingerprint density at radius 3 is 2.69 bits per heavy atom. The molecule has 150 valence electrons. The number of nitrogens with zero attached hydrogens (tertiary/aromatic N) is 1. The molecule has 1 aliphatic rings. The number of ether oxygens (including phenoxy) is 2. The van der Waals surface area contributed by atoms with Crippen molar-refractivity contribution in [3.8, 4) is 11.5 Å². The summed E-state index contributed by atoms with van der Waals surface area (Å²) in [5.41, 5.74) is 2.54. The van der Waals surface area contributed by atoms with Gasteiger partial charge in [-0.05, 0) is 48.4 Å². The van der Waals surface area contributed by atoms with Gasteiger partial charge in [-0.15, -0.1) is 0 Å². The molecule has 8 heteroatoms. The number of nitrogens with one attached hydrogen (secondary N) is 1. The zero-order valence-electron chi connectivity index (χ0n) is 16.2. The Labute approximate surface area is 178 Å². The van der Waals surface area contributed by atoms with Crippen LogP contribution < -0.4 is 14.8 Å². The highest BCUT2D eigenvalue weighted by atomic mass is 32.2.